The van der Waals surface area contributed by atoms with Gasteiger partial charge in [-0.05, 0) is 80.8 Å². The van der Waals surface area contributed by atoms with Crippen molar-refractivity contribution in [2.75, 3.05) is 0 Å². The van der Waals surface area contributed by atoms with Crippen LogP contribution in [0.3, 0.4) is 0 Å². The first kappa shape index (κ1) is 32.1. The molecule has 0 spiro atoms. The molecule has 188 valence electrons. The van der Waals surface area contributed by atoms with Crippen molar-refractivity contribution in [2.24, 2.45) is 0 Å². The van der Waals surface area contributed by atoms with Crippen LogP contribution in [0.25, 0.3) is 0 Å². The summed E-state index contributed by atoms with van der Waals surface area (Å²) in [5.41, 5.74) is 5.01. The SMILES string of the molecule is C.Cc1cccc(C#N)c1.Cc1cccc(C#N)c1F.Cc1cccc(F)n1.Cc1ccccc1C#N. The number of nitriles is 3. The molecule has 4 rings (SSSR count). The van der Waals surface area contributed by atoms with E-state index in [1.54, 1.807) is 50.2 Å². The van der Waals surface area contributed by atoms with Crippen LogP contribution in [-0.2, 0) is 0 Å². The van der Waals surface area contributed by atoms with Crippen molar-refractivity contribution in [1.82, 2.24) is 4.98 Å². The summed E-state index contributed by atoms with van der Waals surface area (Å²) in [6, 6.07) is 30.5. The summed E-state index contributed by atoms with van der Waals surface area (Å²) in [6.45, 7) is 7.29. The molecule has 0 N–H and O–H groups in total. The summed E-state index contributed by atoms with van der Waals surface area (Å²) < 4.78 is 24.8. The van der Waals surface area contributed by atoms with Crippen molar-refractivity contribution >= 4 is 0 Å². The molecule has 1 heterocycles. The van der Waals surface area contributed by atoms with E-state index in [4.69, 9.17) is 15.8 Å². The molecule has 0 radical (unpaired) electrons. The quantitative estimate of drug-likeness (QED) is 0.232. The first-order chi connectivity index (χ1) is 17.2. The zero-order valence-electron chi connectivity index (χ0n) is 20.6. The van der Waals surface area contributed by atoms with Gasteiger partial charge in [-0.1, -0.05) is 56.0 Å². The van der Waals surface area contributed by atoms with Gasteiger partial charge in [-0.2, -0.15) is 20.2 Å². The highest BCUT2D eigenvalue weighted by molar-refractivity contribution is 5.36. The summed E-state index contributed by atoms with van der Waals surface area (Å²) in [5.74, 6) is -0.824. The van der Waals surface area contributed by atoms with Gasteiger partial charge in [-0.3, -0.25) is 0 Å². The molecule has 0 saturated heterocycles. The Morgan fingerprint density at radius 3 is 1.62 bits per heavy atom. The minimum atomic E-state index is -0.412. The third-order valence-corrected chi connectivity index (χ3v) is 4.58. The van der Waals surface area contributed by atoms with Crippen LogP contribution >= 0.6 is 0 Å². The zero-order chi connectivity index (χ0) is 26.9. The third-order valence-electron chi connectivity index (χ3n) is 4.58. The van der Waals surface area contributed by atoms with Crippen LogP contribution in [-0.4, -0.2) is 4.98 Å². The fourth-order valence-electron chi connectivity index (χ4n) is 2.66. The van der Waals surface area contributed by atoms with E-state index < -0.39 is 11.8 Å². The molecule has 0 atom stereocenters. The maximum Gasteiger partial charge on any atom is 0.213 e. The summed E-state index contributed by atoms with van der Waals surface area (Å²) in [7, 11) is 0. The lowest BCUT2D eigenvalue weighted by molar-refractivity contribution is 0.580. The number of benzene rings is 3. The molecule has 0 aliphatic heterocycles. The van der Waals surface area contributed by atoms with Crippen LogP contribution in [0.15, 0.2) is 84.9 Å². The summed E-state index contributed by atoms with van der Waals surface area (Å²) >= 11 is 0. The number of halogens is 2. The number of nitrogens with zero attached hydrogens (tertiary/aromatic N) is 4. The molecule has 1 aromatic heterocycles. The lowest BCUT2D eigenvalue weighted by Gasteiger charge is -1.94. The lowest BCUT2D eigenvalue weighted by Crippen LogP contribution is -1.85. The second-order valence-electron chi connectivity index (χ2n) is 7.56. The Labute approximate surface area is 218 Å². The van der Waals surface area contributed by atoms with Crippen molar-refractivity contribution in [1.29, 1.82) is 15.8 Å². The maximum atomic E-state index is 12.8. The van der Waals surface area contributed by atoms with E-state index in [0.717, 1.165) is 22.3 Å². The average molecular weight is 497 g/mol. The van der Waals surface area contributed by atoms with E-state index in [1.165, 1.54) is 12.1 Å². The van der Waals surface area contributed by atoms with Crippen molar-refractivity contribution in [3.8, 4) is 18.2 Å². The highest BCUT2D eigenvalue weighted by Gasteiger charge is 2.01. The monoisotopic (exact) mass is 496 g/mol. The number of hydrogen-bond acceptors (Lipinski definition) is 4. The Balaban J connectivity index is 0.000000464. The molecule has 37 heavy (non-hydrogen) atoms. The van der Waals surface area contributed by atoms with Crippen LogP contribution < -0.4 is 0 Å². The second-order valence-corrected chi connectivity index (χ2v) is 7.56. The largest absolute Gasteiger partial charge is 0.225 e. The number of pyridine rings is 1. The Morgan fingerprint density at radius 2 is 1.19 bits per heavy atom. The Bertz CT molecular complexity index is 1380. The van der Waals surface area contributed by atoms with Crippen LogP contribution in [0.1, 0.15) is 46.5 Å². The molecular formula is C31H30F2N4. The zero-order valence-corrected chi connectivity index (χ0v) is 20.6. The third kappa shape index (κ3) is 12.4. The summed E-state index contributed by atoms with van der Waals surface area (Å²) in [5, 5.41) is 25.2. The van der Waals surface area contributed by atoms with Crippen LogP contribution in [0, 0.1) is 73.5 Å². The van der Waals surface area contributed by atoms with Crippen molar-refractivity contribution in [2.45, 2.75) is 35.1 Å². The standard InChI is InChI=1S/C8H6FN.2C8H7N.C6H6FN.CH4/c1-6-3-2-4-7(5-10)8(6)9;1-7-3-2-4-8(5-7)6-9;1-7-4-2-3-5-8(7)6-9;1-5-3-2-4-6(7)8-5;/h2-4H,1H3;2*2-5H,1H3;2-4H,1H3;1H4. The normalized spacial score (nSPS) is 8.51. The van der Waals surface area contributed by atoms with E-state index in [2.05, 4.69) is 17.1 Å². The molecule has 0 fully saturated rings. The van der Waals surface area contributed by atoms with E-state index >= 15 is 0 Å². The molecule has 0 aliphatic rings. The van der Waals surface area contributed by atoms with E-state index in [0.29, 0.717) is 11.3 Å². The second kappa shape index (κ2) is 17.6. The highest BCUT2D eigenvalue weighted by atomic mass is 19.1. The number of rotatable bonds is 0. The molecule has 0 amide bonds. The minimum absolute atomic E-state index is 0. The predicted molar refractivity (Wildman–Crippen MR) is 143 cm³/mol. The Kier molecular flexibility index (Phi) is 15.3. The highest BCUT2D eigenvalue weighted by Crippen LogP contribution is 2.09. The number of hydrogen-bond donors (Lipinski definition) is 0. The predicted octanol–water partition coefficient (Wildman–Crippen LogP) is 7.90. The smallest absolute Gasteiger partial charge is 0.213 e. The lowest BCUT2D eigenvalue weighted by atomic mass is 10.1. The van der Waals surface area contributed by atoms with E-state index in [1.807, 2.05) is 56.3 Å². The van der Waals surface area contributed by atoms with Gasteiger partial charge in [0.2, 0.25) is 5.95 Å². The number of aryl methyl sites for hydroxylation is 4. The fraction of sp³-hybridized carbons (Fsp3) is 0.161. The van der Waals surface area contributed by atoms with Crippen LogP contribution in [0.5, 0.6) is 0 Å². The van der Waals surface area contributed by atoms with Gasteiger partial charge in [0.15, 0.2) is 0 Å². The van der Waals surface area contributed by atoms with Gasteiger partial charge in [0.25, 0.3) is 0 Å². The summed E-state index contributed by atoms with van der Waals surface area (Å²) in [4.78, 5) is 3.51. The molecule has 3 aromatic carbocycles. The summed E-state index contributed by atoms with van der Waals surface area (Å²) in [6.07, 6.45) is 0. The maximum absolute atomic E-state index is 12.8. The average Bonchev–Trinajstić information content (AvgIpc) is 2.87. The van der Waals surface area contributed by atoms with E-state index in [-0.39, 0.29) is 13.0 Å². The molecule has 6 heteroatoms. The first-order valence-corrected chi connectivity index (χ1v) is 10.9. The molecule has 0 bridgehead atoms. The van der Waals surface area contributed by atoms with Gasteiger partial charge in [0.1, 0.15) is 11.9 Å². The van der Waals surface area contributed by atoms with Crippen molar-refractivity contribution in [3.05, 3.63) is 136 Å². The molecule has 4 aromatic rings. The Morgan fingerprint density at radius 1 is 0.622 bits per heavy atom. The van der Waals surface area contributed by atoms with Gasteiger partial charge in [0, 0.05) is 5.69 Å². The van der Waals surface area contributed by atoms with Gasteiger partial charge >= 0.3 is 0 Å². The first-order valence-electron chi connectivity index (χ1n) is 10.9. The minimum Gasteiger partial charge on any atom is -0.225 e. The molecule has 0 unspecified atom stereocenters. The molecule has 0 saturated carbocycles. The molecule has 4 nitrogen and oxygen atoms in total. The van der Waals surface area contributed by atoms with Crippen molar-refractivity contribution in [3.63, 3.8) is 0 Å². The number of aromatic nitrogens is 1. The van der Waals surface area contributed by atoms with Gasteiger partial charge < -0.3 is 0 Å². The van der Waals surface area contributed by atoms with Crippen molar-refractivity contribution < 1.29 is 8.78 Å². The fourth-order valence-corrected chi connectivity index (χ4v) is 2.66. The van der Waals surface area contributed by atoms with Gasteiger partial charge in [-0.15, -0.1) is 0 Å². The van der Waals surface area contributed by atoms with E-state index in [9.17, 15) is 8.78 Å². The molecular weight excluding hydrogens is 466 g/mol. The van der Waals surface area contributed by atoms with Crippen LogP contribution in [0.2, 0.25) is 0 Å². The molecule has 0 aliphatic carbocycles. The van der Waals surface area contributed by atoms with Gasteiger partial charge in [-0.25, -0.2) is 9.37 Å². The van der Waals surface area contributed by atoms with Crippen LogP contribution in [0.4, 0.5) is 8.78 Å². The van der Waals surface area contributed by atoms with Gasteiger partial charge in [0.05, 0.1) is 28.8 Å². The Hall–Kier alpha value is -4.86. The topological polar surface area (TPSA) is 84.3 Å².